The molecule has 2 aromatic heterocycles. The van der Waals surface area contributed by atoms with Crippen molar-refractivity contribution in [1.82, 2.24) is 34.8 Å². The van der Waals surface area contributed by atoms with E-state index < -0.39 is 0 Å². The molecule has 0 aliphatic carbocycles. The third-order valence-corrected chi connectivity index (χ3v) is 4.79. The number of piperazine rings is 1. The van der Waals surface area contributed by atoms with Gasteiger partial charge in [0.2, 0.25) is 5.91 Å². The zero-order valence-corrected chi connectivity index (χ0v) is 19.2. The van der Waals surface area contributed by atoms with Crippen LogP contribution in [0.3, 0.4) is 0 Å². The van der Waals surface area contributed by atoms with Gasteiger partial charge in [-0.25, -0.2) is 0 Å². The maximum atomic E-state index is 12.6. The van der Waals surface area contributed by atoms with E-state index in [0.717, 1.165) is 17.2 Å². The average Bonchev–Trinajstić information content (AvgIpc) is 3.38. The van der Waals surface area contributed by atoms with Crippen LogP contribution < -0.4 is 10.2 Å². The summed E-state index contributed by atoms with van der Waals surface area (Å²) in [6, 6.07) is 9.91. The molecule has 0 unspecified atom stereocenters. The molecule has 1 aromatic carbocycles. The first-order valence-corrected chi connectivity index (χ1v) is 9.34. The van der Waals surface area contributed by atoms with E-state index in [1.54, 1.807) is 29.2 Å². The normalized spacial score (nSPS) is 14.6. The number of anilines is 1. The number of rotatable bonds is 4. The highest BCUT2D eigenvalue weighted by Crippen LogP contribution is 2.16. The minimum atomic E-state index is 0. The summed E-state index contributed by atoms with van der Waals surface area (Å²) < 4.78 is 3.62. The molecule has 4 rings (SSSR count). The van der Waals surface area contributed by atoms with Gasteiger partial charge in [-0.15, -0.1) is 34.2 Å². The summed E-state index contributed by atoms with van der Waals surface area (Å²) >= 11 is 0. The molecule has 3 heterocycles. The van der Waals surface area contributed by atoms with Gasteiger partial charge in [0.05, 0.1) is 18.4 Å². The number of guanidine groups is 1. The monoisotopic (exact) mass is 521 g/mol. The van der Waals surface area contributed by atoms with E-state index in [9.17, 15) is 4.79 Å². The SMILES string of the molecule is CN=C(NCc1nncn1-c1ccccc1)N1CCN(c2cnn(C)c2)C(=O)C1.I. The quantitative estimate of drug-likeness (QED) is 0.313. The Morgan fingerprint density at radius 3 is 2.67 bits per heavy atom. The number of aromatic nitrogens is 5. The van der Waals surface area contributed by atoms with Gasteiger partial charge in [-0.2, -0.15) is 5.10 Å². The molecule has 0 spiro atoms. The van der Waals surface area contributed by atoms with Crippen LogP contribution in [0.4, 0.5) is 5.69 Å². The number of nitrogens with zero attached hydrogens (tertiary/aromatic N) is 8. The summed E-state index contributed by atoms with van der Waals surface area (Å²) in [6.07, 6.45) is 5.24. The molecule has 1 amide bonds. The Kier molecular flexibility index (Phi) is 7.03. The summed E-state index contributed by atoms with van der Waals surface area (Å²) in [5.41, 5.74) is 1.81. The van der Waals surface area contributed by atoms with Gasteiger partial charge in [-0.1, -0.05) is 18.2 Å². The number of hydrogen-bond donors (Lipinski definition) is 1. The fourth-order valence-electron chi connectivity index (χ4n) is 3.35. The molecule has 0 saturated carbocycles. The van der Waals surface area contributed by atoms with Crippen LogP contribution in [-0.4, -0.2) is 68.0 Å². The van der Waals surface area contributed by atoms with Gasteiger partial charge < -0.3 is 15.1 Å². The Morgan fingerprint density at radius 1 is 1.20 bits per heavy atom. The predicted octanol–water partition coefficient (Wildman–Crippen LogP) is 1.04. The molecule has 0 atom stereocenters. The van der Waals surface area contributed by atoms with Crippen LogP contribution in [0.1, 0.15) is 5.82 Å². The molecule has 1 aliphatic heterocycles. The molecule has 158 valence electrons. The van der Waals surface area contributed by atoms with Gasteiger partial charge in [-0.3, -0.25) is 19.0 Å². The van der Waals surface area contributed by atoms with Crippen LogP contribution in [0.5, 0.6) is 0 Å². The molecule has 1 saturated heterocycles. The van der Waals surface area contributed by atoms with Crippen molar-refractivity contribution in [2.45, 2.75) is 6.54 Å². The second-order valence-corrected chi connectivity index (χ2v) is 6.69. The van der Waals surface area contributed by atoms with Gasteiger partial charge in [0.1, 0.15) is 12.9 Å². The number of hydrogen-bond acceptors (Lipinski definition) is 5. The highest BCUT2D eigenvalue weighted by molar-refractivity contribution is 14.0. The van der Waals surface area contributed by atoms with Crippen molar-refractivity contribution in [3.63, 3.8) is 0 Å². The first kappa shape index (κ1) is 21.7. The summed E-state index contributed by atoms with van der Waals surface area (Å²) in [7, 11) is 3.55. The lowest BCUT2D eigenvalue weighted by atomic mass is 10.3. The van der Waals surface area contributed by atoms with E-state index in [1.807, 2.05) is 53.0 Å². The van der Waals surface area contributed by atoms with Gasteiger partial charge in [0.25, 0.3) is 0 Å². The molecule has 0 bridgehead atoms. The predicted molar refractivity (Wildman–Crippen MR) is 124 cm³/mol. The van der Waals surface area contributed by atoms with Crippen molar-refractivity contribution in [3.8, 4) is 5.69 Å². The summed E-state index contributed by atoms with van der Waals surface area (Å²) in [5.74, 6) is 1.43. The number of aliphatic imine (C=N–C) groups is 1. The zero-order chi connectivity index (χ0) is 20.2. The highest BCUT2D eigenvalue weighted by Gasteiger charge is 2.27. The molecule has 3 aromatic rings. The van der Waals surface area contributed by atoms with Crippen molar-refractivity contribution in [2.75, 3.05) is 31.6 Å². The molecular weight excluding hydrogens is 497 g/mol. The number of nitrogens with one attached hydrogen (secondary N) is 1. The Labute approximate surface area is 191 Å². The van der Waals surface area contributed by atoms with Crippen LogP contribution in [0.15, 0.2) is 54.0 Å². The van der Waals surface area contributed by atoms with E-state index in [1.165, 1.54) is 0 Å². The highest BCUT2D eigenvalue weighted by atomic mass is 127. The largest absolute Gasteiger partial charge is 0.349 e. The van der Waals surface area contributed by atoms with Crippen molar-refractivity contribution in [3.05, 3.63) is 54.9 Å². The minimum Gasteiger partial charge on any atom is -0.349 e. The smallest absolute Gasteiger partial charge is 0.246 e. The number of carbonyl (C=O) groups excluding carboxylic acids is 1. The van der Waals surface area contributed by atoms with Gasteiger partial charge in [0, 0.05) is 39.1 Å². The van der Waals surface area contributed by atoms with E-state index >= 15 is 0 Å². The fraction of sp³-hybridized carbons (Fsp3) is 0.316. The van der Waals surface area contributed by atoms with Crippen LogP contribution in [-0.2, 0) is 18.4 Å². The fourth-order valence-corrected chi connectivity index (χ4v) is 3.35. The Morgan fingerprint density at radius 2 is 2.00 bits per heavy atom. The molecule has 10 nitrogen and oxygen atoms in total. The van der Waals surface area contributed by atoms with Crippen LogP contribution in [0.25, 0.3) is 5.69 Å². The lowest BCUT2D eigenvalue weighted by Crippen LogP contribution is -2.55. The molecule has 1 fully saturated rings. The van der Waals surface area contributed by atoms with Gasteiger partial charge in [0.15, 0.2) is 11.8 Å². The maximum Gasteiger partial charge on any atom is 0.246 e. The molecule has 1 aliphatic rings. The summed E-state index contributed by atoms with van der Waals surface area (Å²) in [6.45, 7) is 1.94. The van der Waals surface area contributed by atoms with Gasteiger partial charge in [-0.05, 0) is 12.1 Å². The molecular formula is C19H24IN9O. The van der Waals surface area contributed by atoms with Crippen molar-refractivity contribution < 1.29 is 4.79 Å². The van der Waals surface area contributed by atoms with Crippen molar-refractivity contribution in [1.29, 1.82) is 0 Å². The lowest BCUT2D eigenvalue weighted by Gasteiger charge is -2.35. The van der Waals surface area contributed by atoms with Crippen LogP contribution in [0, 0.1) is 0 Å². The second-order valence-electron chi connectivity index (χ2n) is 6.69. The third-order valence-electron chi connectivity index (χ3n) is 4.79. The second kappa shape index (κ2) is 9.69. The standard InChI is InChI=1S/C19H23N9O.HI/c1-20-19(21-11-17-24-22-14-28(17)15-6-4-3-5-7-15)26-8-9-27(18(29)13-26)16-10-23-25(2)12-16;/h3-7,10,12,14H,8-9,11,13H2,1-2H3,(H,20,21);1H. The Hall–Kier alpha value is -2.96. The number of benzene rings is 1. The van der Waals surface area contributed by atoms with E-state index in [4.69, 9.17) is 0 Å². The van der Waals surface area contributed by atoms with Gasteiger partial charge >= 0.3 is 0 Å². The molecule has 0 radical (unpaired) electrons. The van der Waals surface area contributed by atoms with E-state index in [2.05, 4.69) is 25.6 Å². The maximum absolute atomic E-state index is 12.6. The molecule has 11 heteroatoms. The Bertz CT molecular complexity index is 1010. The molecule has 30 heavy (non-hydrogen) atoms. The topological polar surface area (TPSA) is 96.5 Å². The van der Waals surface area contributed by atoms with Crippen LogP contribution >= 0.6 is 24.0 Å². The summed E-state index contributed by atoms with van der Waals surface area (Å²) in [4.78, 5) is 20.7. The average molecular weight is 521 g/mol. The number of para-hydroxylation sites is 1. The molecule has 1 N–H and O–H groups in total. The zero-order valence-electron chi connectivity index (χ0n) is 16.8. The first-order valence-electron chi connectivity index (χ1n) is 9.34. The van der Waals surface area contributed by atoms with E-state index in [0.29, 0.717) is 25.6 Å². The van der Waals surface area contributed by atoms with Crippen molar-refractivity contribution in [2.24, 2.45) is 12.0 Å². The summed E-state index contributed by atoms with van der Waals surface area (Å²) in [5, 5.41) is 15.7. The van der Waals surface area contributed by atoms with Crippen molar-refractivity contribution >= 4 is 41.5 Å². The van der Waals surface area contributed by atoms with Crippen LogP contribution in [0.2, 0.25) is 0 Å². The third kappa shape index (κ3) is 4.61. The number of aryl methyl sites for hydroxylation is 1. The lowest BCUT2D eigenvalue weighted by molar-refractivity contribution is -0.120. The minimum absolute atomic E-state index is 0. The number of halogens is 1. The first-order chi connectivity index (χ1) is 14.2. The number of amides is 1. The Balaban J connectivity index is 0.00000256. The number of carbonyl (C=O) groups is 1. The van der Waals surface area contributed by atoms with E-state index in [-0.39, 0.29) is 36.4 Å².